The van der Waals surface area contributed by atoms with Gasteiger partial charge in [-0.1, -0.05) is 12.1 Å². The van der Waals surface area contributed by atoms with Crippen LogP contribution in [-0.4, -0.2) is 86.2 Å². The summed E-state index contributed by atoms with van der Waals surface area (Å²) in [5.74, 6) is -0.310. The van der Waals surface area contributed by atoms with Gasteiger partial charge in [-0.15, -0.1) is 0 Å². The van der Waals surface area contributed by atoms with Gasteiger partial charge in [-0.25, -0.2) is 9.59 Å². The maximum Gasteiger partial charge on any atom is 0.337 e. The third-order valence-electron chi connectivity index (χ3n) is 5.24. The largest absolute Gasteiger partial charge is 0.465 e. The number of carbonyl (C=O) groups is 2. The van der Waals surface area contributed by atoms with Crippen molar-refractivity contribution >= 4 is 12.0 Å². The number of carbonyl (C=O) groups excluding carboxylic acids is 2. The Kier molecular flexibility index (Phi) is 8.92. The molecule has 2 amide bonds. The van der Waals surface area contributed by atoms with Crippen LogP contribution in [0.15, 0.2) is 24.3 Å². The summed E-state index contributed by atoms with van der Waals surface area (Å²) < 4.78 is 4.75. The van der Waals surface area contributed by atoms with Gasteiger partial charge in [0.25, 0.3) is 0 Å². The zero-order valence-corrected chi connectivity index (χ0v) is 18.5. The number of hydrogen-bond acceptors (Lipinski definition) is 5. The molecule has 0 bridgehead atoms. The number of ether oxygens (including phenoxy) is 1. The lowest BCUT2D eigenvalue weighted by Gasteiger charge is -2.39. The van der Waals surface area contributed by atoms with Crippen LogP contribution in [0.2, 0.25) is 0 Å². The maximum atomic E-state index is 12.7. The number of likely N-dealkylation sites (tertiary alicyclic amines) is 1. The van der Waals surface area contributed by atoms with Crippen LogP contribution in [0.1, 0.15) is 42.6 Å². The summed E-state index contributed by atoms with van der Waals surface area (Å²) in [6, 6.07) is 8.04. The Bertz CT molecular complexity index is 653. The van der Waals surface area contributed by atoms with Crippen LogP contribution in [0, 0.1) is 0 Å². The molecule has 7 nitrogen and oxygen atoms in total. The van der Waals surface area contributed by atoms with Gasteiger partial charge in [0, 0.05) is 44.8 Å². The summed E-state index contributed by atoms with van der Waals surface area (Å²) >= 11 is 0. The predicted octanol–water partition coefficient (Wildman–Crippen LogP) is 2.42. The second kappa shape index (κ2) is 11.2. The van der Waals surface area contributed by atoms with Crippen molar-refractivity contribution < 1.29 is 14.3 Å². The van der Waals surface area contributed by atoms with Crippen molar-refractivity contribution in [1.82, 2.24) is 20.0 Å². The van der Waals surface area contributed by atoms with Gasteiger partial charge in [0.15, 0.2) is 0 Å². The highest BCUT2D eigenvalue weighted by Gasteiger charge is 2.28. The van der Waals surface area contributed by atoms with Gasteiger partial charge in [0.1, 0.15) is 0 Å². The summed E-state index contributed by atoms with van der Waals surface area (Å²) in [4.78, 5) is 30.8. The Balaban J connectivity index is 1.90. The molecule has 7 heteroatoms. The molecule has 162 valence electrons. The Labute approximate surface area is 175 Å². The summed E-state index contributed by atoms with van der Waals surface area (Å²) in [6.45, 7) is 8.35. The Morgan fingerprint density at radius 1 is 1.14 bits per heavy atom. The second-order valence-corrected chi connectivity index (χ2v) is 8.30. The van der Waals surface area contributed by atoms with E-state index in [9.17, 15) is 9.59 Å². The van der Waals surface area contributed by atoms with Gasteiger partial charge >= 0.3 is 12.0 Å². The van der Waals surface area contributed by atoms with E-state index in [-0.39, 0.29) is 24.1 Å². The van der Waals surface area contributed by atoms with Crippen LogP contribution < -0.4 is 5.32 Å². The molecule has 2 rings (SSSR count). The highest BCUT2D eigenvalue weighted by Crippen LogP contribution is 2.19. The number of nitrogens with one attached hydrogen (secondary N) is 1. The number of esters is 1. The van der Waals surface area contributed by atoms with Crippen LogP contribution in [0.5, 0.6) is 0 Å². The highest BCUT2D eigenvalue weighted by atomic mass is 16.5. The Morgan fingerprint density at radius 2 is 1.76 bits per heavy atom. The van der Waals surface area contributed by atoms with Crippen molar-refractivity contribution in [2.24, 2.45) is 0 Å². The molecule has 1 N–H and O–H groups in total. The summed E-state index contributed by atoms with van der Waals surface area (Å²) in [7, 11) is 5.46. The molecule has 1 aliphatic heterocycles. The van der Waals surface area contributed by atoms with E-state index < -0.39 is 0 Å². The van der Waals surface area contributed by atoms with Crippen molar-refractivity contribution in [3.63, 3.8) is 0 Å². The fourth-order valence-electron chi connectivity index (χ4n) is 3.60. The minimum absolute atomic E-state index is 0.0405. The molecular formula is C22H36N4O3. The van der Waals surface area contributed by atoms with E-state index in [0.717, 1.165) is 45.6 Å². The van der Waals surface area contributed by atoms with E-state index in [1.54, 1.807) is 0 Å². The number of likely N-dealkylation sites (N-methyl/N-ethyl adjacent to an activating group) is 1. The fourth-order valence-corrected chi connectivity index (χ4v) is 3.60. The zero-order chi connectivity index (χ0) is 21.4. The smallest absolute Gasteiger partial charge is 0.337 e. The van der Waals surface area contributed by atoms with Gasteiger partial charge < -0.3 is 19.9 Å². The lowest BCUT2D eigenvalue weighted by Crippen LogP contribution is -2.53. The number of hydrogen-bond donors (Lipinski definition) is 1. The average molecular weight is 405 g/mol. The molecule has 0 unspecified atom stereocenters. The number of urea groups is 1. The SMILES string of the molecule is COC(=O)c1ccc(CN2CCC(N(CCN(C)C)C(=O)NC(C)C)CC2)cc1. The fraction of sp³-hybridized carbons (Fsp3) is 0.636. The van der Waals surface area contributed by atoms with E-state index in [2.05, 4.69) is 15.1 Å². The normalized spacial score (nSPS) is 15.6. The van der Waals surface area contributed by atoms with Crippen LogP contribution in [-0.2, 0) is 11.3 Å². The standard InChI is InChI=1S/C22H36N4O3/c1-17(2)23-22(28)26(15-14-24(3)4)20-10-12-25(13-11-20)16-18-6-8-19(9-7-18)21(27)29-5/h6-9,17,20H,10-16H2,1-5H3,(H,23,28). The number of piperidine rings is 1. The number of methoxy groups -OCH3 is 1. The molecule has 0 saturated carbocycles. The third kappa shape index (κ3) is 7.33. The number of rotatable bonds is 8. The van der Waals surface area contributed by atoms with Gasteiger partial charge in [-0.3, -0.25) is 4.90 Å². The van der Waals surface area contributed by atoms with Crippen LogP contribution in [0.25, 0.3) is 0 Å². The topological polar surface area (TPSA) is 65.1 Å². The lowest BCUT2D eigenvalue weighted by atomic mass is 10.0. The third-order valence-corrected chi connectivity index (χ3v) is 5.24. The van der Waals surface area contributed by atoms with Crippen LogP contribution in [0.3, 0.4) is 0 Å². The lowest BCUT2D eigenvalue weighted by molar-refractivity contribution is 0.0600. The molecule has 1 aromatic carbocycles. The van der Waals surface area contributed by atoms with Gasteiger partial charge in [0.05, 0.1) is 12.7 Å². The van der Waals surface area contributed by atoms with Crippen molar-refractivity contribution in [3.05, 3.63) is 35.4 Å². The first-order chi connectivity index (χ1) is 13.8. The minimum Gasteiger partial charge on any atom is -0.465 e. The van der Waals surface area contributed by atoms with E-state index in [1.165, 1.54) is 12.7 Å². The number of nitrogens with zero attached hydrogens (tertiary/aromatic N) is 3. The number of amides is 2. The van der Waals surface area contributed by atoms with Crippen molar-refractivity contribution in [3.8, 4) is 0 Å². The molecule has 1 aromatic rings. The van der Waals surface area contributed by atoms with Crippen LogP contribution in [0.4, 0.5) is 4.79 Å². The predicted molar refractivity (Wildman–Crippen MR) is 115 cm³/mol. The van der Waals surface area contributed by atoms with Crippen molar-refractivity contribution in [2.75, 3.05) is 47.4 Å². The highest BCUT2D eigenvalue weighted by molar-refractivity contribution is 5.89. The molecule has 1 fully saturated rings. The molecule has 29 heavy (non-hydrogen) atoms. The van der Waals surface area contributed by atoms with Gasteiger partial charge in [-0.05, 0) is 58.5 Å². The monoisotopic (exact) mass is 404 g/mol. The summed E-state index contributed by atoms with van der Waals surface area (Å²) in [6.07, 6.45) is 1.94. The molecule has 0 spiro atoms. The van der Waals surface area contributed by atoms with E-state index in [4.69, 9.17) is 4.74 Å². The molecule has 1 aliphatic rings. The first kappa shape index (κ1) is 23.2. The molecule has 0 aliphatic carbocycles. The number of benzene rings is 1. The zero-order valence-electron chi connectivity index (χ0n) is 18.5. The molecule has 0 aromatic heterocycles. The first-order valence-corrected chi connectivity index (χ1v) is 10.4. The van der Waals surface area contributed by atoms with Gasteiger partial charge in [0.2, 0.25) is 0 Å². The van der Waals surface area contributed by atoms with Crippen molar-refractivity contribution in [1.29, 1.82) is 0 Å². The molecular weight excluding hydrogens is 368 g/mol. The summed E-state index contributed by atoms with van der Waals surface area (Å²) in [5.41, 5.74) is 1.75. The molecule has 0 atom stereocenters. The molecule has 1 heterocycles. The van der Waals surface area contributed by atoms with Gasteiger partial charge in [-0.2, -0.15) is 0 Å². The van der Waals surface area contributed by atoms with E-state index in [1.807, 2.05) is 57.1 Å². The van der Waals surface area contributed by atoms with E-state index >= 15 is 0 Å². The average Bonchev–Trinajstić information content (AvgIpc) is 2.68. The second-order valence-electron chi connectivity index (χ2n) is 8.30. The van der Waals surface area contributed by atoms with Crippen molar-refractivity contribution in [2.45, 2.75) is 45.3 Å². The molecule has 1 saturated heterocycles. The maximum absolute atomic E-state index is 12.7. The first-order valence-electron chi connectivity index (χ1n) is 10.4. The minimum atomic E-state index is -0.310. The summed E-state index contributed by atoms with van der Waals surface area (Å²) in [5, 5.41) is 3.05. The molecule has 0 radical (unpaired) electrons. The quantitative estimate of drug-likeness (QED) is 0.674. The Morgan fingerprint density at radius 3 is 2.28 bits per heavy atom. The van der Waals surface area contributed by atoms with E-state index in [0.29, 0.717) is 5.56 Å². The Hall–Kier alpha value is -2.12. The van der Waals surface area contributed by atoms with Crippen LogP contribution >= 0.6 is 0 Å².